The molecule has 0 aromatic carbocycles. The van der Waals surface area contributed by atoms with Crippen LogP contribution in [0.15, 0.2) is 18.7 Å². The van der Waals surface area contributed by atoms with Crippen molar-refractivity contribution in [3.05, 3.63) is 35.8 Å². The Labute approximate surface area is 88.0 Å². The molecule has 0 radical (unpaired) electrons. The molecule has 15 heavy (non-hydrogen) atoms. The minimum Gasteiger partial charge on any atom is -0.383 e. The summed E-state index contributed by atoms with van der Waals surface area (Å²) >= 11 is 0. The number of hydrogen-bond acceptors (Lipinski definition) is 4. The second-order valence-corrected chi connectivity index (χ2v) is 3.49. The molecule has 0 aliphatic carbocycles. The lowest BCUT2D eigenvalue weighted by atomic mass is 10.3. The largest absolute Gasteiger partial charge is 0.383 e. The highest BCUT2D eigenvalue weighted by Crippen LogP contribution is 2.10. The molecule has 0 saturated heterocycles. The quantitative estimate of drug-likeness (QED) is 0.788. The maximum atomic E-state index is 5.80. The zero-order valence-electron chi connectivity index (χ0n) is 8.81. The number of anilines is 1. The lowest BCUT2D eigenvalue weighted by Gasteiger charge is -2.07. The van der Waals surface area contributed by atoms with Gasteiger partial charge in [0, 0.05) is 23.7 Å². The van der Waals surface area contributed by atoms with Crippen molar-refractivity contribution in [2.75, 3.05) is 5.73 Å². The molecule has 0 fully saturated rings. The summed E-state index contributed by atoms with van der Waals surface area (Å²) in [7, 11) is 0. The number of nitrogens with two attached hydrogens (primary N) is 1. The monoisotopic (exact) mass is 203 g/mol. The maximum absolute atomic E-state index is 5.80. The summed E-state index contributed by atoms with van der Waals surface area (Å²) < 4.78 is 2.00. The number of hydrogen-bond donors (Lipinski definition) is 1. The first-order valence-corrected chi connectivity index (χ1v) is 4.71. The zero-order chi connectivity index (χ0) is 10.8. The lowest BCUT2D eigenvalue weighted by Crippen LogP contribution is -2.06. The molecule has 0 aliphatic rings. The number of imidazole rings is 1. The molecular formula is C10H13N5. The van der Waals surface area contributed by atoms with E-state index in [2.05, 4.69) is 15.0 Å². The van der Waals surface area contributed by atoms with E-state index in [1.165, 1.54) is 0 Å². The molecule has 0 saturated carbocycles. The van der Waals surface area contributed by atoms with Crippen LogP contribution >= 0.6 is 0 Å². The number of aryl methyl sites for hydroxylation is 2. The molecule has 5 heteroatoms. The molecule has 78 valence electrons. The second-order valence-electron chi connectivity index (χ2n) is 3.49. The van der Waals surface area contributed by atoms with Crippen molar-refractivity contribution in [3.63, 3.8) is 0 Å². The van der Waals surface area contributed by atoms with Gasteiger partial charge in [0.15, 0.2) is 0 Å². The van der Waals surface area contributed by atoms with Crippen LogP contribution in [-0.2, 0) is 6.54 Å². The summed E-state index contributed by atoms with van der Waals surface area (Å²) in [5.74, 6) is 1.23. The smallest absolute Gasteiger partial charge is 0.132 e. The van der Waals surface area contributed by atoms with Crippen LogP contribution < -0.4 is 5.73 Å². The number of nitrogen functional groups attached to an aromatic ring is 1. The lowest BCUT2D eigenvalue weighted by molar-refractivity contribution is 0.762. The van der Waals surface area contributed by atoms with Gasteiger partial charge in [-0.1, -0.05) is 0 Å². The normalized spacial score (nSPS) is 10.5. The van der Waals surface area contributed by atoms with Crippen LogP contribution in [0.1, 0.15) is 17.1 Å². The molecule has 0 aliphatic heterocycles. The van der Waals surface area contributed by atoms with E-state index in [1.807, 2.05) is 24.6 Å². The number of aromatic nitrogens is 4. The fourth-order valence-corrected chi connectivity index (χ4v) is 1.37. The van der Waals surface area contributed by atoms with Crippen molar-refractivity contribution in [1.29, 1.82) is 0 Å². The molecule has 2 rings (SSSR count). The average molecular weight is 203 g/mol. The molecule has 0 amide bonds. The summed E-state index contributed by atoms with van der Waals surface area (Å²) in [5, 5.41) is 0. The van der Waals surface area contributed by atoms with Crippen molar-refractivity contribution in [1.82, 2.24) is 19.5 Å². The van der Waals surface area contributed by atoms with E-state index in [-0.39, 0.29) is 0 Å². The molecule has 0 spiro atoms. The summed E-state index contributed by atoms with van der Waals surface area (Å²) in [6.45, 7) is 4.48. The summed E-state index contributed by atoms with van der Waals surface area (Å²) in [6.07, 6.45) is 5.34. The maximum Gasteiger partial charge on any atom is 0.132 e. The molecule has 0 atom stereocenters. The molecular weight excluding hydrogens is 190 g/mol. The van der Waals surface area contributed by atoms with E-state index >= 15 is 0 Å². The average Bonchev–Trinajstić information content (AvgIpc) is 2.57. The summed E-state index contributed by atoms with van der Waals surface area (Å²) in [5.41, 5.74) is 7.81. The Morgan fingerprint density at radius 3 is 2.73 bits per heavy atom. The van der Waals surface area contributed by atoms with Crippen LogP contribution in [0.2, 0.25) is 0 Å². The van der Waals surface area contributed by atoms with Crippen molar-refractivity contribution in [2.24, 2.45) is 0 Å². The molecule has 0 bridgehead atoms. The SMILES string of the molecule is Cc1ncc(Cn2cncc2C)c(N)n1. The highest BCUT2D eigenvalue weighted by Gasteiger charge is 2.04. The zero-order valence-corrected chi connectivity index (χ0v) is 8.81. The molecule has 2 heterocycles. The molecule has 0 unspecified atom stereocenters. The highest BCUT2D eigenvalue weighted by molar-refractivity contribution is 5.37. The fourth-order valence-electron chi connectivity index (χ4n) is 1.37. The van der Waals surface area contributed by atoms with Crippen LogP contribution in [0.5, 0.6) is 0 Å². The van der Waals surface area contributed by atoms with Gasteiger partial charge in [-0.15, -0.1) is 0 Å². The number of rotatable bonds is 2. The second kappa shape index (κ2) is 3.68. The third-order valence-electron chi connectivity index (χ3n) is 2.28. The third kappa shape index (κ3) is 1.96. The van der Waals surface area contributed by atoms with E-state index in [9.17, 15) is 0 Å². The van der Waals surface area contributed by atoms with Gasteiger partial charge in [0.05, 0.1) is 12.9 Å². The van der Waals surface area contributed by atoms with Gasteiger partial charge in [0.2, 0.25) is 0 Å². The van der Waals surface area contributed by atoms with E-state index < -0.39 is 0 Å². The first kappa shape index (κ1) is 9.64. The fraction of sp³-hybridized carbons (Fsp3) is 0.300. The van der Waals surface area contributed by atoms with Gasteiger partial charge in [-0.2, -0.15) is 0 Å². The van der Waals surface area contributed by atoms with E-state index in [1.54, 1.807) is 12.5 Å². The van der Waals surface area contributed by atoms with E-state index in [0.29, 0.717) is 18.2 Å². The van der Waals surface area contributed by atoms with E-state index in [0.717, 1.165) is 11.3 Å². The van der Waals surface area contributed by atoms with Crippen molar-refractivity contribution < 1.29 is 0 Å². The summed E-state index contributed by atoms with van der Waals surface area (Å²) in [4.78, 5) is 12.3. The van der Waals surface area contributed by atoms with Crippen LogP contribution in [-0.4, -0.2) is 19.5 Å². The Bertz CT molecular complexity index is 474. The van der Waals surface area contributed by atoms with Gasteiger partial charge in [0.25, 0.3) is 0 Å². The van der Waals surface area contributed by atoms with E-state index in [4.69, 9.17) is 5.73 Å². The Hall–Kier alpha value is -1.91. The van der Waals surface area contributed by atoms with Gasteiger partial charge in [-0.3, -0.25) is 0 Å². The molecule has 2 N–H and O–H groups in total. The van der Waals surface area contributed by atoms with Crippen LogP contribution in [0.25, 0.3) is 0 Å². The Morgan fingerprint density at radius 2 is 2.13 bits per heavy atom. The molecule has 2 aromatic heterocycles. The predicted octanol–water partition coefficient (Wildman–Crippen LogP) is 0.920. The van der Waals surface area contributed by atoms with Gasteiger partial charge < -0.3 is 10.3 Å². The minimum atomic E-state index is 0.538. The van der Waals surface area contributed by atoms with Crippen molar-refractivity contribution in [2.45, 2.75) is 20.4 Å². The topological polar surface area (TPSA) is 69.6 Å². The van der Waals surface area contributed by atoms with Crippen LogP contribution in [0.3, 0.4) is 0 Å². The van der Waals surface area contributed by atoms with Gasteiger partial charge in [-0.05, 0) is 13.8 Å². The molecule has 2 aromatic rings. The summed E-state index contributed by atoms with van der Waals surface area (Å²) in [6, 6.07) is 0. The first-order valence-electron chi connectivity index (χ1n) is 4.71. The van der Waals surface area contributed by atoms with Crippen LogP contribution in [0.4, 0.5) is 5.82 Å². The van der Waals surface area contributed by atoms with Gasteiger partial charge >= 0.3 is 0 Å². The number of nitrogens with zero attached hydrogens (tertiary/aromatic N) is 4. The highest BCUT2D eigenvalue weighted by atomic mass is 15.0. The van der Waals surface area contributed by atoms with Gasteiger partial charge in [-0.25, -0.2) is 15.0 Å². The van der Waals surface area contributed by atoms with Crippen molar-refractivity contribution in [3.8, 4) is 0 Å². The van der Waals surface area contributed by atoms with Crippen LogP contribution in [0, 0.1) is 13.8 Å². The third-order valence-corrected chi connectivity index (χ3v) is 2.28. The van der Waals surface area contributed by atoms with Crippen molar-refractivity contribution >= 4 is 5.82 Å². The predicted molar refractivity (Wildman–Crippen MR) is 57.2 cm³/mol. The Kier molecular flexibility index (Phi) is 2.37. The molecule has 5 nitrogen and oxygen atoms in total. The van der Waals surface area contributed by atoms with Gasteiger partial charge in [0.1, 0.15) is 11.6 Å². The minimum absolute atomic E-state index is 0.538. The standard InChI is InChI=1S/C10H13N5/c1-7-3-12-6-15(7)5-9-4-13-8(2)14-10(9)11/h3-4,6H,5H2,1-2H3,(H2,11,13,14). The Balaban J connectivity index is 2.29. The Morgan fingerprint density at radius 1 is 1.33 bits per heavy atom. The first-order chi connectivity index (χ1) is 7.16.